The summed E-state index contributed by atoms with van der Waals surface area (Å²) in [5.41, 5.74) is 1.84. The van der Waals surface area contributed by atoms with Crippen LogP contribution in [0.25, 0.3) is 6.08 Å². The summed E-state index contributed by atoms with van der Waals surface area (Å²) in [6.45, 7) is 4.76. The molecular formula is C18H26O4. The third-order valence-corrected chi connectivity index (χ3v) is 3.48. The zero-order valence-electron chi connectivity index (χ0n) is 13.7. The molecule has 22 heavy (non-hydrogen) atoms. The Morgan fingerprint density at radius 2 is 2.09 bits per heavy atom. The SMILES string of the molecule is CCCCCC(OCC)c1cc(OC)ccc1/C=C/C(=O)O. The molecule has 0 radical (unpaired) electrons. The quantitative estimate of drug-likeness (QED) is 0.512. The summed E-state index contributed by atoms with van der Waals surface area (Å²) in [5.74, 6) is -0.205. The number of unbranched alkanes of at least 4 members (excludes halogenated alkanes) is 2. The molecule has 1 aromatic carbocycles. The van der Waals surface area contributed by atoms with Crippen LogP contribution in [0.4, 0.5) is 0 Å². The Kier molecular flexibility index (Phi) is 8.30. The molecule has 0 aromatic heterocycles. The summed E-state index contributed by atoms with van der Waals surface area (Å²) in [5, 5.41) is 8.84. The third kappa shape index (κ3) is 5.90. The van der Waals surface area contributed by atoms with Crippen LogP contribution in [0.1, 0.15) is 56.8 Å². The molecule has 4 nitrogen and oxygen atoms in total. The summed E-state index contributed by atoms with van der Waals surface area (Å²) >= 11 is 0. The number of methoxy groups -OCH3 is 1. The van der Waals surface area contributed by atoms with Crippen LogP contribution in [0, 0.1) is 0 Å². The van der Waals surface area contributed by atoms with E-state index in [2.05, 4.69) is 6.92 Å². The van der Waals surface area contributed by atoms with Crippen LogP contribution in [-0.4, -0.2) is 24.8 Å². The van der Waals surface area contributed by atoms with Crippen LogP contribution < -0.4 is 4.74 Å². The van der Waals surface area contributed by atoms with Crippen LogP contribution >= 0.6 is 0 Å². The van der Waals surface area contributed by atoms with Gasteiger partial charge in [0.15, 0.2) is 0 Å². The molecule has 0 aliphatic heterocycles. The van der Waals surface area contributed by atoms with Crippen LogP contribution in [0.3, 0.4) is 0 Å². The first-order valence-corrected chi connectivity index (χ1v) is 7.82. The lowest BCUT2D eigenvalue weighted by Crippen LogP contribution is -2.07. The molecule has 4 heteroatoms. The Morgan fingerprint density at radius 1 is 1.32 bits per heavy atom. The first-order valence-electron chi connectivity index (χ1n) is 7.82. The van der Waals surface area contributed by atoms with Crippen molar-refractivity contribution >= 4 is 12.0 Å². The topological polar surface area (TPSA) is 55.8 Å². The van der Waals surface area contributed by atoms with E-state index in [0.29, 0.717) is 6.61 Å². The monoisotopic (exact) mass is 306 g/mol. The molecule has 0 saturated carbocycles. The van der Waals surface area contributed by atoms with E-state index >= 15 is 0 Å². The van der Waals surface area contributed by atoms with Crippen molar-refractivity contribution in [3.8, 4) is 5.75 Å². The van der Waals surface area contributed by atoms with Gasteiger partial charge >= 0.3 is 5.97 Å². The summed E-state index contributed by atoms with van der Waals surface area (Å²) < 4.78 is 11.2. The second-order valence-electron chi connectivity index (χ2n) is 5.11. The highest BCUT2D eigenvalue weighted by Crippen LogP contribution is 2.31. The molecule has 1 unspecified atom stereocenters. The van der Waals surface area contributed by atoms with E-state index < -0.39 is 5.97 Å². The van der Waals surface area contributed by atoms with Gasteiger partial charge in [-0.15, -0.1) is 0 Å². The van der Waals surface area contributed by atoms with Gasteiger partial charge in [0.1, 0.15) is 5.75 Å². The average Bonchev–Trinajstić information content (AvgIpc) is 2.52. The molecule has 0 bridgehead atoms. The van der Waals surface area contributed by atoms with Crippen molar-refractivity contribution < 1.29 is 19.4 Å². The predicted molar refractivity (Wildman–Crippen MR) is 88.2 cm³/mol. The highest BCUT2D eigenvalue weighted by molar-refractivity contribution is 5.85. The van der Waals surface area contributed by atoms with Crippen LogP contribution in [0.5, 0.6) is 5.75 Å². The van der Waals surface area contributed by atoms with Crippen LogP contribution in [0.15, 0.2) is 24.3 Å². The number of aliphatic carboxylic acids is 1. The van der Waals surface area contributed by atoms with Gasteiger partial charge in [-0.3, -0.25) is 0 Å². The Labute approximate surface area is 132 Å². The van der Waals surface area contributed by atoms with Gasteiger partial charge < -0.3 is 14.6 Å². The second kappa shape index (κ2) is 10.0. The molecule has 0 heterocycles. The van der Waals surface area contributed by atoms with Gasteiger partial charge in [0.05, 0.1) is 13.2 Å². The lowest BCUT2D eigenvalue weighted by atomic mass is 9.97. The van der Waals surface area contributed by atoms with Crippen molar-refractivity contribution in [3.63, 3.8) is 0 Å². The fourth-order valence-corrected chi connectivity index (χ4v) is 2.38. The summed E-state index contributed by atoms with van der Waals surface area (Å²) in [6, 6.07) is 5.65. The smallest absolute Gasteiger partial charge is 0.328 e. The highest BCUT2D eigenvalue weighted by Gasteiger charge is 2.15. The second-order valence-corrected chi connectivity index (χ2v) is 5.11. The van der Waals surface area contributed by atoms with E-state index in [-0.39, 0.29) is 6.10 Å². The van der Waals surface area contributed by atoms with Crippen molar-refractivity contribution in [2.75, 3.05) is 13.7 Å². The Balaban J connectivity index is 3.09. The Bertz CT molecular complexity index is 494. The van der Waals surface area contributed by atoms with Gasteiger partial charge in [0.25, 0.3) is 0 Å². The van der Waals surface area contributed by atoms with Crippen LogP contribution in [-0.2, 0) is 9.53 Å². The van der Waals surface area contributed by atoms with E-state index in [1.807, 2.05) is 25.1 Å². The number of carboxylic acid groups (broad SMARTS) is 1. The molecule has 0 aliphatic carbocycles. The van der Waals surface area contributed by atoms with Crippen LogP contribution in [0.2, 0.25) is 0 Å². The fraction of sp³-hybridized carbons (Fsp3) is 0.500. The number of hydrogen-bond acceptors (Lipinski definition) is 3. The van der Waals surface area contributed by atoms with Gasteiger partial charge in [-0.2, -0.15) is 0 Å². The van der Waals surface area contributed by atoms with E-state index in [1.165, 1.54) is 0 Å². The number of carbonyl (C=O) groups is 1. The molecule has 0 saturated heterocycles. The third-order valence-electron chi connectivity index (χ3n) is 3.48. The Morgan fingerprint density at radius 3 is 2.68 bits per heavy atom. The first kappa shape index (κ1) is 18.2. The lowest BCUT2D eigenvalue weighted by Gasteiger charge is -2.20. The maximum Gasteiger partial charge on any atom is 0.328 e. The van der Waals surface area contributed by atoms with Gasteiger partial charge in [-0.1, -0.05) is 32.3 Å². The maximum absolute atomic E-state index is 10.8. The molecule has 1 atom stereocenters. The number of benzene rings is 1. The number of ether oxygens (including phenoxy) is 2. The minimum Gasteiger partial charge on any atom is -0.497 e. The van der Waals surface area contributed by atoms with Crippen molar-refractivity contribution in [1.29, 1.82) is 0 Å². The van der Waals surface area contributed by atoms with E-state index in [9.17, 15) is 4.79 Å². The predicted octanol–water partition coefficient (Wildman–Crippen LogP) is 4.45. The van der Waals surface area contributed by atoms with Crippen molar-refractivity contribution in [2.24, 2.45) is 0 Å². The van der Waals surface area contributed by atoms with Gasteiger partial charge in [-0.05, 0) is 42.7 Å². The summed E-state index contributed by atoms with van der Waals surface area (Å²) in [7, 11) is 1.62. The normalized spacial score (nSPS) is 12.5. The molecule has 0 spiro atoms. The molecule has 0 aliphatic rings. The molecule has 0 fully saturated rings. The van der Waals surface area contributed by atoms with E-state index in [4.69, 9.17) is 14.6 Å². The standard InChI is InChI=1S/C18H26O4/c1-4-6-7-8-17(22-5-2)16-13-15(21-3)11-9-14(16)10-12-18(19)20/h9-13,17H,4-8H2,1-3H3,(H,19,20)/b12-10+. The minimum atomic E-state index is -0.958. The Hall–Kier alpha value is -1.81. The lowest BCUT2D eigenvalue weighted by molar-refractivity contribution is -0.131. The van der Waals surface area contributed by atoms with E-state index in [0.717, 1.165) is 48.6 Å². The number of carboxylic acids is 1. The molecule has 122 valence electrons. The largest absolute Gasteiger partial charge is 0.497 e. The maximum atomic E-state index is 10.8. The van der Waals surface area contributed by atoms with Crippen molar-refractivity contribution in [1.82, 2.24) is 0 Å². The molecular weight excluding hydrogens is 280 g/mol. The highest BCUT2D eigenvalue weighted by atomic mass is 16.5. The fourth-order valence-electron chi connectivity index (χ4n) is 2.38. The average molecular weight is 306 g/mol. The van der Waals surface area contributed by atoms with Crippen molar-refractivity contribution in [3.05, 3.63) is 35.4 Å². The first-order chi connectivity index (χ1) is 10.6. The zero-order chi connectivity index (χ0) is 16.4. The van der Waals surface area contributed by atoms with E-state index in [1.54, 1.807) is 13.2 Å². The number of hydrogen-bond donors (Lipinski definition) is 1. The number of rotatable bonds is 10. The van der Waals surface area contributed by atoms with Gasteiger partial charge in [0, 0.05) is 12.7 Å². The summed E-state index contributed by atoms with van der Waals surface area (Å²) in [6.07, 6.45) is 7.04. The zero-order valence-corrected chi connectivity index (χ0v) is 13.7. The minimum absolute atomic E-state index is 0.0416. The molecule has 1 rings (SSSR count). The molecule has 1 aromatic rings. The van der Waals surface area contributed by atoms with Gasteiger partial charge in [-0.25, -0.2) is 4.79 Å². The molecule has 1 N–H and O–H groups in total. The van der Waals surface area contributed by atoms with Crippen molar-refractivity contribution in [2.45, 2.75) is 45.6 Å². The summed E-state index contributed by atoms with van der Waals surface area (Å²) in [4.78, 5) is 10.8. The van der Waals surface area contributed by atoms with Gasteiger partial charge in [0.2, 0.25) is 0 Å². The molecule has 0 amide bonds.